The maximum absolute atomic E-state index is 13.3. The highest BCUT2D eigenvalue weighted by Crippen LogP contribution is 2.28. The maximum Gasteiger partial charge on any atom is 0.261 e. The number of halogens is 2. The van der Waals surface area contributed by atoms with Gasteiger partial charge in [0.2, 0.25) is 0 Å². The number of rotatable bonds is 3. The summed E-state index contributed by atoms with van der Waals surface area (Å²) in [7, 11) is 1.58. The van der Waals surface area contributed by atoms with Gasteiger partial charge in [-0.1, -0.05) is 17.7 Å². The summed E-state index contributed by atoms with van der Waals surface area (Å²) in [6.45, 7) is 3.54. The zero-order chi connectivity index (χ0) is 19.9. The minimum Gasteiger partial charge on any atom is -0.343 e. The second-order valence-corrected chi connectivity index (χ2v) is 7.55. The molecule has 0 aliphatic rings. The van der Waals surface area contributed by atoms with Crippen molar-refractivity contribution in [1.82, 2.24) is 14.9 Å². The predicted octanol–water partition coefficient (Wildman–Crippen LogP) is 4.05. The number of carbonyl (C=O) groups excluding carboxylic acids is 1. The Kier molecular flexibility index (Phi) is 4.92. The van der Waals surface area contributed by atoms with Crippen molar-refractivity contribution in [3.63, 3.8) is 0 Å². The van der Waals surface area contributed by atoms with E-state index in [9.17, 15) is 14.0 Å². The van der Waals surface area contributed by atoms with Crippen molar-refractivity contribution in [2.24, 2.45) is 7.05 Å². The van der Waals surface area contributed by atoms with Gasteiger partial charge in [0.05, 0.1) is 16.4 Å². The molecule has 8 heteroatoms. The van der Waals surface area contributed by atoms with Crippen LogP contribution in [-0.2, 0) is 12.6 Å². The highest BCUT2D eigenvalue weighted by Gasteiger charge is 2.26. The number of amides is 1. The Morgan fingerprint density at radius 1 is 1.26 bits per heavy atom. The van der Waals surface area contributed by atoms with E-state index in [0.717, 1.165) is 0 Å². The van der Waals surface area contributed by atoms with E-state index >= 15 is 0 Å². The average Bonchev–Trinajstić information content (AvgIpc) is 2.58. The van der Waals surface area contributed by atoms with Crippen LogP contribution < -0.4 is 10.9 Å². The number of nitrogens with zero attached hydrogens (tertiary/aromatic N) is 1. The molecule has 1 amide bonds. The number of hydrogen-bond donors (Lipinski definition) is 2. The molecule has 3 rings (SSSR count). The summed E-state index contributed by atoms with van der Waals surface area (Å²) >= 11 is 11.2. The number of aromatic amines is 1. The van der Waals surface area contributed by atoms with Crippen LogP contribution in [0, 0.1) is 10.6 Å². The number of hydrogen-bond acceptors (Lipinski definition) is 3. The smallest absolute Gasteiger partial charge is 0.261 e. The first-order valence-corrected chi connectivity index (χ1v) is 8.90. The van der Waals surface area contributed by atoms with Crippen molar-refractivity contribution in [3.8, 4) is 0 Å². The van der Waals surface area contributed by atoms with Gasteiger partial charge in [-0.05, 0) is 62.0 Å². The topological polar surface area (TPSA) is 66.9 Å². The highest BCUT2D eigenvalue weighted by atomic mass is 35.5. The Labute approximate surface area is 164 Å². The van der Waals surface area contributed by atoms with Gasteiger partial charge in [-0.15, -0.1) is 0 Å². The van der Waals surface area contributed by atoms with Crippen LogP contribution in [-0.4, -0.2) is 15.5 Å². The van der Waals surface area contributed by atoms with Gasteiger partial charge in [0.1, 0.15) is 5.82 Å². The lowest BCUT2D eigenvalue weighted by Gasteiger charge is -2.28. The van der Waals surface area contributed by atoms with Gasteiger partial charge >= 0.3 is 0 Å². The van der Waals surface area contributed by atoms with Crippen LogP contribution in [0.25, 0.3) is 10.9 Å². The largest absolute Gasteiger partial charge is 0.343 e. The monoisotopic (exact) mass is 405 g/mol. The molecule has 0 unspecified atom stereocenters. The lowest BCUT2D eigenvalue weighted by Crippen LogP contribution is -2.41. The molecule has 1 aromatic heterocycles. The van der Waals surface area contributed by atoms with Crippen molar-refractivity contribution >= 4 is 40.6 Å². The second kappa shape index (κ2) is 6.90. The molecule has 0 radical (unpaired) electrons. The molecular weight excluding hydrogens is 389 g/mol. The molecule has 3 aromatic rings. The van der Waals surface area contributed by atoms with Crippen molar-refractivity contribution in [1.29, 1.82) is 0 Å². The summed E-state index contributed by atoms with van der Waals surface area (Å²) in [5.41, 5.74) is 0.351. The molecule has 140 valence electrons. The summed E-state index contributed by atoms with van der Waals surface area (Å²) in [4.78, 5) is 27.9. The Bertz CT molecular complexity index is 1180. The number of H-pyrrole nitrogens is 1. The lowest BCUT2D eigenvalue weighted by atomic mass is 9.93. The maximum atomic E-state index is 13.3. The minimum absolute atomic E-state index is 0.228. The highest BCUT2D eigenvalue weighted by molar-refractivity contribution is 7.71. The van der Waals surface area contributed by atoms with Gasteiger partial charge < -0.3 is 10.3 Å². The molecule has 0 aliphatic heterocycles. The van der Waals surface area contributed by atoms with Crippen molar-refractivity contribution in [3.05, 3.63) is 73.5 Å². The van der Waals surface area contributed by atoms with Gasteiger partial charge in [0.15, 0.2) is 4.77 Å². The van der Waals surface area contributed by atoms with Crippen LogP contribution >= 0.6 is 23.8 Å². The van der Waals surface area contributed by atoms with Gasteiger partial charge in [0, 0.05) is 17.6 Å². The van der Waals surface area contributed by atoms with Crippen LogP contribution in [0.2, 0.25) is 5.02 Å². The van der Waals surface area contributed by atoms with Crippen molar-refractivity contribution in [2.45, 2.75) is 19.4 Å². The van der Waals surface area contributed by atoms with E-state index in [1.54, 1.807) is 45.2 Å². The summed E-state index contributed by atoms with van der Waals surface area (Å²) in [6.07, 6.45) is 0. The molecule has 2 aromatic carbocycles. The number of nitrogens with one attached hydrogen (secondary N) is 2. The minimum atomic E-state index is -0.837. The number of benzene rings is 2. The van der Waals surface area contributed by atoms with E-state index in [1.165, 1.54) is 16.7 Å². The zero-order valence-corrected chi connectivity index (χ0v) is 16.5. The molecule has 0 saturated carbocycles. The third-order valence-electron chi connectivity index (χ3n) is 4.39. The third-order valence-corrected chi connectivity index (χ3v) is 5.08. The first-order valence-electron chi connectivity index (χ1n) is 8.11. The second-order valence-electron chi connectivity index (χ2n) is 6.76. The molecular formula is C19H17ClFN3O2S. The molecule has 0 spiro atoms. The Balaban J connectivity index is 1.97. The molecule has 0 atom stereocenters. The molecule has 2 N–H and O–H groups in total. The first kappa shape index (κ1) is 19.3. The normalized spacial score (nSPS) is 11.6. The molecule has 1 heterocycles. The predicted molar refractivity (Wildman–Crippen MR) is 106 cm³/mol. The zero-order valence-electron chi connectivity index (χ0n) is 14.9. The van der Waals surface area contributed by atoms with Crippen molar-refractivity contribution in [2.75, 3.05) is 0 Å². The summed E-state index contributed by atoms with van der Waals surface area (Å²) in [6, 6.07) is 8.76. The van der Waals surface area contributed by atoms with E-state index in [0.29, 0.717) is 22.0 Å². The fourth-order valence-corrected chi connectivity index (χ4v) is 3.46. The SMILES string of the molecule is Cn1c(=S)[nH]c2cc(C(=O)NC(C)(C)c3ccc(F)cc3Cl)ccc2c1=O. The third kappa shape index (κ3) is 3.65. The van der Waals surface area contributed by atoms with Crippen molar-refractivity contribution < 1.29 is 9.18 Å². The fourth-order valence-electron chi connectivity index (χ4n) is 2.87. The average molecular weight is 406 g/mol. The van der Waals surface area contributed by atoms with E-state index in [-0.39, 0.29) is 21.3 Å². The van der Waals surface area contributed by atoms with Gasteiger partial charge in [-0.25, -0.2) is 4.39 Å². The Morgan fingerprint density at radius 3 is 2.63 bits per heavy atom. The van der Waals surface area contributed by atoms with Gasteiger partial charge in [0.25, 0.3) is 11.5 Å². The number of fused-ring (bicyclic) bond motifs is 1. The van der Waals surface area contributed by atoms with E-state index in [2.05, 4.69) is 10.3 Å². The van der Waals surface area contributed by atoms with Crippen LogP contribution in [0.3, 0.4) is 0 Å². The van der Waals surface area contributed by atoms with Crippen LogP contribution in [0.5, 0.6) is 0 Å². The number of aromatic nitrogens is 2. The van der Waals surface area contributed by atoms with Gasteiger partial charge in [-0.2, -0.15) is 0 Å². The standard InChI is InChI=1S/C19H17ClFN3O2S/c1-19(2,13-7-5-11(21)9-14(13)20)23-16(25)10-4-6-12-15(8-10)22-18(27)24(3)17(12)26/h4-9H,1-3H3,(H,22,27)(H,23,25). The first-order chi connectivity index (χ1) is 12.6. The molecule has 0 bridgehead atoms. The summed E-state index contributed by atoms with van der Waals surface area (Å²) < 4.78 is 14.9. The van der Waals surface area contributed by atoms with Crippen LogP contribution in [0.15, 0.2) is 41.2 Å². The lowest BCUT2D eigenvalue weighted by molar-refractivity contribution is 0.0912. The van der Waals surface area contributed by atoms with E-state index < -0.39 is 11.4 Å². The van der Waals surface area contributed by atoms with Gasteiger partial charge in [-0.3, -0.25) is 14.2 Å². The van der Waals surface area contributed by atoms with Crippen LogP contribution in [0.4, 0.5) is 4.39 Å². The Hall–Kier alpha value is -2.51. The summed E-state index contributed by atoms with van der Waals surface area (Å²) in [5.74, 6) is -0.806. The molecule has 0 saturated heterocycles. The molecule has 0 fully saturated rings. The number of carbonyl (C=O) groups is 1. The summed E-state index contributed by atoms with van der Waals surface area (Å²) in [5, 5.41) is 3.55. The Morgan fingerprint density at radius 2 is 1.96 bits per heavy atom. The van der Waals surface area contributed by atoms with E-state index in [4.69, 9.17) is 23.8 Å². The van der Waals surface area contributed by atoms with Crippen LogP contribution in [0.1, 0.15) is 29.8 Å². The molecule has 5 nitrogen and oxygen atoms in total. The fraction of sp³-hybridized carbons (Fsp3) is 0.211. The molecule has 0 aliphatic carbocycles. The quantitative estimate of drug-likeness (QED) is 0.646. The molecule has 27 heavy (non-hydrogen) atoms. The van der Waals surface area contributed by atoms with E-state index in [1.807, 2.05) is 0 Å².